The van der Waals surface area contributed by atoms with Crippen molar-refractivity contribution in [3.8, 4) is 17.6 Å². The van der Waals surface area contributed by atoms with Crippen LogP contribution in [0.2, 0.25) is 0 Å². The largest absolute Gasteiger partial charge is 0.497 e. The average Bonchev–Trinajstić information content (AvgIpc) is 3.00. The third kappa shape index (κ3) is 6.07. The molecule has 0 aliphatic rings. The minimum atomic E-state index is -2.44. The van der Waals surface area contributed by atoms with E-state index in [1.54, 1.807) is 43.6 Å². The molecule has 5 aromatic rings. The summed E-state index contributed by atoms with van der Waals surface area (Å²) in [6.45, 7) is 2.22. The third-order valence-corrected chi connectivity index (χ3v) is 7.20. The number of benzene rings is 3. The van der Waals surface area contributed by atoms with Crippen LogP contribution in [0, 0.1) is 18.8 Å². The van der Waals surface area contributed by atoms with Crippen molar-refractivity contribution < 1.29 is 23.4 Å². The predicted molar refractivity (Wildman–Crippen MR) is 163 cm³/mol. The van der Waals surface area contributed by atoms with Crippen LogP contribution < -0.4 is 14.4 Å². The summed E-state index contributed by atoms with van der Waals surface area (Å²) in [7, 11) is 1.59. The van der Waals surface area contributed by atoms with E-state index >= 15 is 0 Å². The molecule has 2 aromatic heterocycles. The van der Waals surface area contributed by atoms with Gasteiger partial charge in [-0.15, -0.1) is 0 Å². The Balaban J connectivity index is 1.51. The summed E-state index contributed by atoms with van der Waals surface area (Å²) in [5.74, 6) is 5.66. The number of ether oxygens (including phenoxy) is 1. The zero-order chi connectivity index (χ0) is 29.6. The number of aromatic nitrogens is 2. The zero-order valence-electron chi connectivity index (χ0n) is 22.7. The van der Waals surface area contributed by atoms with Crippen molar-refractivity contribution in [1.82, 2.24) is 9.97 Å². The number of carboxylic acids is 1. The molecule has 0 saturated heterocycles. The smallest absolute Gasteiger partial charge is 0.356 e. The van der Waals surface area contributed by atoms with Crippen LogP contribution in [-0.4, -0.2) is 36.9 Å². The van der Waals surface area contributed by atoms with Gasteiger partial charge in [-0.2, -0.15) is 0 Å². The Morgan fingerprint density at radius 1 is 1.02 bits per heavy atom. The second-order valence-electron chi connectivity index (χ2n) is 9.23. The van der Waals surface area contributed by atoms with Crippen molar-refractivity contribution in [2.75, 3.05) is 16.7 Å². The minimum Gasteiger partial charge on any atom is -0.497 e. The fourth-order valence-electron chi connectivity index (χ4n) is 4.44. The fraction of sp³-hybridized carbons (Fsp3) is 0.0938. The first-order valence-electron chi connectivity index (χ1n) is 12.8. The van der Waals surface area contributed by atoms with Gasteiger partial charge in [-0.1, -0.05) is 54.3 Å². The average molecular weight is 579 g/mol. The lowest BCUT2D eigenvalue weighted by Gasteiger charge is -2.24. The third-order valence-electron chi connectivity index (χ3n) is 6.51. The Labute approximate surface area is 245 Å². The van der Waals surface area contributed by atoms with Crippen LogP contribution in [0.1, 0.15) is 32.7 Å². The second kappa shape index (κ2) is 12.5. The number of fused-ring (bicyclic) bond motifs is 1. The number of rotatable bonds is 8. The number of methoxy groups -OCH3 is 1. The van der Waals surface area contributed by atoms with Gasteiger partial charge in [0.1, 0.15) is 5.75 Å². The van der Waals surface area contributed by atoms with E-state index in [0.717, 1.165) is 22.3 Å². The summed E-state index contributed by atoms with van der Waals surface area (Å²) in [6, 6.07) is 23.5. The van der Waals surface area contributed by atoms with Crippen LogP contribution in [0.15, 0.2) is 91.3 Å². The summed E-state index contributed by atoms with van der Waals surface area (Å²) in [5, 5.41) is 13.6. The van der Waals surface area contributed by atoms with Crippen molar-refractivity contribution in [3.63, 3.8) is 0 Å². The first kappa shape index (κ1) is 28.3. The highest BCUT2D eigenvalue weighted by Crippen LogP contribution is 2.36. The summed E-state index contributed by atoms with van der Waals surface area (Å²) in [5.41, 5.74) is 4.34. The molecule has 3 N–H and O–H groups in total. The van der Waals surface area contributed by atoms with Gasteiger partial charge in [0.05, 0.1) is 29.7 Å². The highest BCUT2D eigenvalue weighted by atomic mass is 32.2. The first-order chi connectivity index (χ1) is 20.4. The van der Waals surface area contributed by atoms with Crippen molar-refractivity contribution >= 4 is 45.2 Å². The Hall–Kier alpha value is -5.24. The van der Waals surface area contributed by atoms with Crippen LogP contribution in [0.25, 0.3) is 10.9 Å². The first-order valence-corrected chi connectivity index (χ1v) is 13.9. The molecule has 9 nitrogen and oxygen atoms in total. The van der Waals surface area contributed by atoms with E-state index in [0.29, 0.717) is 40.3 Å². The molecule has 0 bridgehead atoms. The number of carboxylic acid groups (broad SMARTS) is 1. The van der Waals surface area contributed by atoms with Gasteiger partial charge >= 0.3 is 5.97 Å². The quantitative estimate of drug-likeness (QED) is 0.153. The van der Waals surface area contributed by atoms with Crippen molar-refractivity contribution in [2.24, 2.45) is 0 Å². The maximum absolute atomic E-state index is 12.8. The molecule has 0 radical (unpaired) electrons. The van der Waals surface area contributed by atoms with Crippen molar-refractivity contribution in [3.05, 3.63) is 119 Å². The Bertz CT molecular complexity index is 1870. The standard InChI is InChI=1S/C32H26N4O5S/c1-21-9-13-25-7-5-17-33-29(25)31(21)36(42(39)40)28-8-4-3-6-24(28)14-10-23-18-27(30(32(37)38)35-20-23)34-19-22-11-15-26(41-2)16-12-22/h3-9,11-13,15-18,20,34H,19H2,1-2H3,(H,37,38)(H,39,40). The molecule has 42 heavy (non-hydrogen) atoms. The van der Waals surface area contributed by atoms with Crippen LogP contribution in [0.4, 0.5) is 17.1 Å². The van der Waals surface area contributed by atoms with Gasteiger partial charge in [0.25, 0.3) is 11.3 Å². The molecule has 0 aliphatic heterocycles. The van der Waals surface area contributed by atoms with Gasteiger partial charge in [0.2, 0.25) is 0 Å². The molecule has 210 valence electrons. The molecule has 0 aliphatic carbocycles. The van der Waals surface area contributed by atoms with Crippen LogP contribution in [0.3, 0.4) is 0 Å². The number of nitrogens with zero attached hydrogens (tertiary/aromatic N) is 3. The Morgan fingerprint density at radius 2 is 1.81 bits per heavy atom. The number of hydrogen-bond acceptors (Lipinski definition) is 6. The SMILES string of the molecule is COc1ccc(CNc2cc(C#Cc3ccccc3N(c3c(C)ccc4cccnc34)S(=O)O)cnc2C(=O)O)cc1. The number of para-hydroxylation sites is 1. The van der Waals surface area contributed by atoms with E-state index < -0.39 is 17.2 Å². The monoisotopic (exact) mass is 578 g/mol. The lowest BCUT2D eigenvalue weighted by atomic mass is 10.1. The van der Waals surface area contributed by atoms with E-state index in [-0.39, 0.29) is 5.69 Å². The maximum Gasteiger partial charge on any atom is 0.356 e. The minimum absolute atomic E-state index is 0.129. The van der Waals surface area contributed by atoms with Gasteiger partial charge in [-0.05, 0) is 54.4 Å². The van der Waals surface area contributed by atoms with Crippen molar-refractivity contribution in [2.45, 2.75) is 13.5 Å². The molecule has 10 heteroatoms. The molecule has 2 heterocycles. The molecule has 0 saturated carbocycles. The Morgan fingerprint density at radius 3 is 2.55 bits per heavy atom. The van der Waals surface area contributed by atoms with Crippen LogP contribution >= 0.6 is 0 Å². The lowest BCUT2D eigenvalue weighted by Crippen LogP contribution is -2.21. The van der Waals surface area contributed by atoms with Gasteiger partial charge in [-0.3, -0.25) is 9.54 Å². The number of hydrogen-bond donors (Lipinski definition) is 3. The number of aromatic carboxylic acids is 1. The summed E-state index contributed by atoms with van der Waals surface area (Å²) < 4.78 is 29.7. The molecule has 1 atom stereocenters. The lowest BCUT2D eigenvalue weighted by molar-refractivity contribution is 0.0691. The predicted octanol–water partition coefficient (Wildman–Crippen LogP) is 5.93. The molecule has 5 rings (SSSR count). The molecule has 0 spiro atoms. The second-order valence-corrected chi connectivity index (χ2v) is 10.1. The summed E-state index contributed by atoms with van der Waals surface area (Å²) in [6.07, 6.45) is 3.03. The van der Waals surface area contributed by atoms with Crippen molar-refractivity contribution in [1.29, 1.82) is 0 Å². The van der Waals surface area contributed by atoms with E-state index in [1.165, 1.54) is 10.5 Å². The molecule has 3 aromatic carbocycles. The number of aryl methyl sites for hydroxylation is 1. The highest BCUT2D eigenvalue weighted by Gasteiger charge is 2.23. The van der Waals surface area contributed by atoms with E-state index in [2.05, 4.69) is 27.1 Å². The summed E-state index contributed by atoms with van der Waals surface area (Å²) >= 11 is -2.44. The zero-order valence-corrected chi connectivity index (χ0v) is 23.6. The fourth-order valence-corrected chi connectivity index (χ4v) is 5.16. The maximum atomic E-state index is 12.8. The van der Waals surface area contributed by atoms with E-state index in [1.807, 2.05) is 55.5 Å². The van der Waals surface area contributed by atoms with Crippen LogP contribution in [-0.2, 0) is 17.8 Å². The molecule has 0 fully saturated rings. The van der Waals surface area contributed by atoms with E-state index in [4.69, 9.17) is 4.74 Å². The van der Waals surface area contributed by atoms with Gasteiger partial charge < -0.3 is 15.2 Å². The normalized spacial score (nSPS) is 11.3. The number of anilines is 3. The molecule has 0 amide bonds. The number of pyridine rings is 2. The summed E-state index contributed by atoms with van der Waals surface area (Å²) in [4.78, 5) is 20.4. The topological polar surface area (TPSA) is 125 Å². The van der Waals surface area contributed by atoms with Gasteiger partial charge in [0.15, 0.2) is 5.69 Å². The van der Waals surface area contributed by atoms with Gasteiger partial charge in [-0.25, -0.2) is 18.3 Å². The van der Waals surface area contributed by atoms with Crippen LogP contribution in [0.5, 0.6) is 5.75 Å². The number of carbonyl (C=O) groups is 1. The Kier molecular flexibility index (Phi) is 8.43. The van der Waals surface area contributed by atoms with Gasteiger partial charge in [0, 0.05) is 35.5 Å². The molecular weight excluding hydrogens is 552 g/mol. The number of nitrogens with one attached hydrogen (secondary N) is 1. The molecular formula is C32H26N4O5S. The van der Waals surface area contributed by atoms with E-state index in [9.17, 15) is 18.7 Å². The highest BCUT2D eigenvalue weighted by molar-refractivity contribution is 7.81. The molecule has 1 unspecified atom stereocenters.